The van der Waals surface area contributed by atoms with Gasteiger partial charge in [0, 0.05) is 51.6 Å². The molecule has 6 nitrogen and oxygen atoms in total. The number of carbonyl (C=O) groups is 1. The molecular formula is C24H27FN4O2. The zero-order chi connectivity index (χ0) is 21.2. The van der Waals surface area contributed by atoms with E-state index < -0.39 is 0 Å². The van der Waals surface area contributed by atoms with Gasteiger partial charge in [-0.1, -0.05) is 24.3 Å². The van der Waals surface area contributed by atoms with E-state index in [9.17, 15) is 9.18 Å². The summed E-state index contributed by atoms with van der Waals surface area (Å²) in [5, 5.41) is 0. The second kappa shape index (κ2) is 8.77. The third-order valence-corrected chi connectivity index (χ3v) is 6.29. The van der Waals surface area contributed by atoms with Gasteiger partial charge in [-0.05, 0) is 29.8 Å². The van der Waals surface area contributed by atoms with E-state index in [0.29, 0.717) is 19.5 Å². The van der Waals surface area contributed by atoms with E-state index in [-0.39, 0.29) is 17.6 Å². The Kier molecular flexibility index (Phi) is 5.70. The molecule has 5 rings (SSSR count). The number of fused-ring (bicyclic) bond motifs is 1. The largest absolute Gasteiger partial charge is 0.379 e. The number of imidazole rings is 1. The van der Waals surface area contributed by atoms with Crippen molar-refractivity contribution < 1.29 is 13.9 Å². The maximum atomic E-state index is 13.2. The van der Waals surface area contributed by atoms with Crippen LogP contribution in [0, 0.1) is 5.82 Å². The van der Waals surface area contributed by atoms with Crippen molar-refractivity contribution in [2.24, 2.45) is 0 Å². The molecule has 3 aromatic rings. The van der Waals surface area contributed by atoms with Crippen LogP contribution in [0.3, 0.4) is 0 Å². The molecule has 0 bridgehead atoms. The molecule has 2 fully saturated rings. The second-order valence-electron chi connectivity index (χ2n) is 8.37. The van der Waals surface area contributed by atoms with Gasteiger partial charge in [-0.15, -0.1) is 0 Å². The Morgan fingerprint density at radius 2 is 1.81 bits per heavy atom. The number of rotatable bonds is 6. The van der Waals surface area contributed by atoms with E-state index in [4.69, 9.17) is 9.72 Å². The Hall–Kier alpha value is -2.77. The molecule has 0 spiro atoms. The Bertz CT molecular complexity index is 1060. The smallest absolute Gasteiger partial charge is 0.223 e. The first-order valence-electron chi connectivity index (χ1n) is 10.9. The third-order valence-electron chi connectivity index (χ3n) is 6.29. The third kappa shape index (κ3) is 4.34. The monoisotopic (exact) mass is 422 g/mol. The molecule has 0 saturated carbocycles. The molecule has 1 aromatic heterocycles. The highest BCUT2D eigenvalue weighted by atomic mass is 19.1. The lowest BCUT2D eigenvalue weighted by Crippen LogP contribution is -2.38. The molecule has 3 heterocycles. The van der Waals surface area contributed by atoms with Gasteiger partial charge in [0.15, 0.2) is 0 Å². The molecule has 2 aliphatic rings. The van der Waals surface area contributed by atoms with Crippen LogP contribution in [-0.4, -0.2) is 64.7 Å². The summed E-state index contributed by atoms with van der Waals surface area (Å²) in [6, 6.07) is 14.6. The molecule has 7 heteroatoms. The van der Waals surface area contributed by atoms with Gasteiger partial charge in [-0.2, -0.15) is 0 Å². The molecule has 0 radical (unpaired) electrons. The topological polar surface area (TPSA) is 50.6 Å². The number of carbonyl (C=O) groups excluding carboxylic acids is 1. The predicted molar refractivity (Wildman–Crippen MR) is 116 cm³/mol. The van der Waals surface area contributed by atoms with Gasteiger partial charge in [0.1, 0.15) is 11.6 Å². The minimum absolute atomic E-state index is 0.0602. The lowest BCUT2D eigenvalue weighted by molar-refractivity contribution is -0.128. The summed E-state index contributed by atoms with van der Waals surface area (Å²) < 4.78 is 21.0. The zero-order valence-corrected chi connectivity index (χ0v) is 17.5. The fourth-order valence-electron chi connectivity index (χ4n) is 4.62. The van der Waals surface area contributed by atoms with Crippen LogP contribution in [0.1, 0.15) is 23.7 Å². The van der Waals surface area contributed by atoms with Crippen LogP contribution in [-0.2, 0) is 22.6 Å². The van der Waals surface area contributed by atoms with Gasteiger partial charge in [0.25, 0.3) is 0 Å². The molecule has 1 atom stereocenters. The van der Waals surface area contributed by atoms with Crippen LogP contribution in [0.25, 0.3) is 11.0 Å². The van der Waals surface area contributed by atoms with Gasteiger partial charge in [-0.25, -0.2) is 9.37 Å². The quantitative estimate of drug-likeness (QED) is 0.613. The number of halogens is 1. The van der Waals surface area contributed by atoms with Crippen molar-refractivity contribution in [1.82, 2.24) is 19.4 Å². The second-order valence-corrected chi connectivity index (χ2v) is 8.37. The predicted octanol–water partition coefficient (Wildman–Crippen LogP) is 3.02. The number of nitrogens with zero attached hydrogens (tertiary/aromatic N) is 4. The highest BCUT2D eigenvalue weighted by Gasteiger charge is 2.34. The average Bonchev–Trinajstić information content (AvgIpc) is 3.35. The van der Waals surface area contributed by atoms with Gasteiger partial charge in [0.2, 0.25) is 5.91 Å². The van der Waals surface area contributed by atoms with Gasteiger partial charge >= 0.3 is 0 Å². The normalized spacial score (nSPS) is 20.1. The number of hydrogen-bond donors (Lipinski definition) is 0. The first-order valence-corrected chi connectivity index (χ1v) is 10.9. The number of aromatic nitrogens is 2. The number of likely N-dealkylation sites (tertiary alicyclic amines) is 1. The SMILES string of the molecule is O=C1CC(c2nc3ccccc3n2CCN2CCOCC2)CN1Cc1ccc(F)cc1. The van der Waals surface area contributed by atoms with Crippen molar-refractivity contribution in [2.75, 3.05) is 39.4 Å². The van der Waals surface area contributed by atoms with Crippen molar-refractivity contribution in [3.05, 3.63) is 65.7 Å². The Labute approximate surface area is 181 Å². The average molecular weight is 423 g/mol. The summed E-state index contributed by atoms with van der Waals surface area (Å²) in [7, 11) is 0. The Morgan fingerprint density at radius 1 is 1.03 bits per heavy atom. The maximum Gasteiger partial charge on any atom is 0.223 e. The Balaban J connectivity index is 1.36. The first-order chi connectivity index (χ1) is 15.2. The van der Waals surface area contributed by atoms with Crippen molar-refractivity contribution in [3.63, 3.8) is 0 Å². The van der Waals surface area contributed by atoms with Crippen LogP contribution in [0.4, 0.5) is 4.39 Å². The molecule has 0 N–H and O–H groups in total. The Morgan fingerprint density at radius 3 is 2.61 bits per heavy atom. The van der Waals surface area contributed by atoms with Crippen molar-refractivity contribution in [2.45, 2.75) is 25.4 Å². The number of ether oxygens (including phenoxy) is 1. The molecule has 2 aromatic carbocycles. The summed E-state index contributed by atoms with van der Waals surface area (Å²) in [6.07, 6.45) is 0.460. The summed E-state index contributed by atoms with van der Waals surface area (Å²) >= 11 is 0. The standard InChI is InChI=1S/C24H27FN4O2/c25-20-7-5-18(6-8-20)16-28-17-19(15-23(28)30)24-26-21-3-1-2-4-22(21)29(24)10-9-27-11-13-31-14-12-27/h1-8,19H,9-17H2. The lowest BCUT2D eigenvalue weighted by atomic mass is 10.1. The van der Waals surface area contributed by atoms with Crippen LogP contribution in [0.2, 0.25) is 0 Å². The summed E-state index contributed by atoms with van der Waals surface area (Å²) in [6.45, 7) is 6.40. The number of benzene rings is 2. The van der Waals surface area contributed by atoms with E-state index in [2.05, 4.69) is 15.5 Å². The fraction of sp³-hybridized carbons (Fsp3) is 0.417. The molecule has 1 amide bonds. The van der Waals surface area contributed by atoms with E-state index in [1.807, 2.05) is 23.1 Å². The van der Waals surface area contributed by atoms with Crippen LogP contribution < -0.4 is 0 Å². The van der Waals surface area contributed by atoms with E-state index in [0.717, 1.165) is 61.8 Å². The van der Waals surface area contributed by atoms with Gasteiger partial charge < -0.3 is 14.2 Å². The molecule has 162 valence electrons. The molecule has 2 saturated heterocycles. The number of hydrogen-bond acceptors (Lipinski definition) is 4. The summed E-state index contributed by atoms with van der Waals surface area (Å²) in [4.78, 5) is 22.0. The number of para-hydroxylation sites is 2. The fourth-order valence-corrected chi connectivity index (χ4v) is 4.62. The lowest BCUT2D eigenvalue weighted by Gasteiger charge is -2.27. The number of amides is 1. The summed E-state index contributed by atoms with van der Waals surface area (Å²) in [5.41, 5.74) is 3.04. The maximum absolute atomic E-state index is 13.2. The minimum atomic E-state index is -0.261. The van der Waals surface area contributed by atoms with Gasteiger partial charge in [-0.3, -0.25) is 9.69 Å². The molecule has 0 aliphatic carbocycles. The summed E-state index contributed by atoms with van der Waals surface area (Å²) in [5.74, 6) is 0.916. The van der Waals surface area contributed by atoms with E-state index >= 15 is 0 Å². The molecule has 2 aliphatic heterocycles. The van der Waals surface area contributed by atoms with Crippen LogP contribution in [0.5, 0.6) is 0 Å². The van der Waals surface area contributed by atoms with Crippen molar-refractivity contribution >= 4 is 16.9 Å². The van der Waals surface area contributed by atoms with E-state index in [1.165, 1.54) is 12.1 Å². The minimum Gasteiger partial charge on any atom is -0.379 e. The highest BCUT2D eigenvalue weighted by molar-refractivity contribution is 5.81. The highest BCUT2D eigenvalue weighted by Crippen LogP contribution is 2.31. The zero-order valence-electron chi connectivity index (χ0n) is 17.5. The first kappa shape index (κ1) is 20.2. The van der Waals surface area contributed by atoms with Crippen LogP contribution in [0.15, 0.2) is 48.5 Å². The molecule has 31 heavy (non-hydrogen) atoms. The number of morpholine rings is 1. The van der Waals surface area contributed by atoms with Crippen molar-refractivity contribution in [1.29, 1.82) is 0 Å². The van der Waals surface area contributed by atoms with Crippen LogP contribution >= 0.6 is 0 Å². The van der Waals surface area contributed by atoms with E-state index in [1.54, 1.807) is 12.1 Å². The van der Waals surface area contributed by atoms with Gasteiger partial charge in [0.05, 0.1) is 24.2 Å². The molecule has 1 unspecified atom stereocenters. The molecular weight excluding hydrogens is 395 g/mol. The van der Waals surface area contributed by atoms with Crippen molar-refractivity contribution in [3.8, 4) is 0 Å².